The average molecular weight is 300 g/mol. The molecule has 126 valence electrons. The van der Waals surface area contributed by atoms with E-state index in [9.17, 15) is 4.79 Å². The average Bonchev–Trinajstić information content (AvgIpc) is 2.39. The number of amides is 1. The Morgan fingerprint density at radius 3 is 2.19 bits per heavy atom. The van der Waals surface area contributed by atoms with Crippen LogP contribution in [0.25, 0.3) is 0 Å². The summed E-state index contributed by atoms with van der Waals surface area (Å²) in [5.74, 6) is 0. The van der Waals surface area contributed by atoms with Crippen LogP contribution in [0.3, 0.4) is 0 Å². The molecule has 1 amide bonds. The number of carbonyl (C=O) groups is 1. The van der Waals surface area contributed by atoms with Gasteiger partial charge < -0.3 is 15.0 Å². The molecule has 0 aliphatic heterocycles. The Balaban J connectivity index is 3.62. The van der Waals surface area contributed by atoms with E-state index in [2.05, 4.69) is 12.2 Å². The second kappa shape index (κ2) is 11.8. The predicted molar refractivity (Wildman–Crippen MR) is 89.7 cm³/mol. The molecular weight excluding hydrogens is 264 g/mol. The Labute approximate surface area is 131 Å². The Bertz CT molecular complexity index is 262. The number of nitrogens with zero attached hydrogens (tertiary/aromatic N) is 1. The quantitative estimate of drug-likeness (QED) is 0.582. The van der Waals surface area contributed by atoms with Crippen molar-refractivity contribution in [2.24, 2.45) is 0 Å². The third-order valence-corrected chi connectivity index (χ3v) is 3.27. The van der Waals surface area contributed by atoms with Gasteiger partial charge in [0.2, 0.25) is 0 Å². The molecular formula is C17H36N2O2. The normalized spacial score (nSPS) is 11.5. The second-order valence-electron chi connectivity index (χ2n) is 6.58. The third-order valence-electron chi connectivity index (χ3n) is 3.27. The number of hydrogen-bond donors (Lipinski definition) is 1. The van der Waals surface area contributed by atoms with Gasteiger partial charge >= 0.3 is 6.09 Å². The van der Waals surface area contributed by atoms with Crippen LogP contribution in [0, 0.1) is 0 Å². The van der Waals surface area contributed by atoms with Crippen LogP contribution in [0.5, 0.6) is 0 Å². The Kier molecular flexibility index (Phi) is 11.4. The summed E-state index contributed by atoms with van der Waals surface area (Å²) in [5, 5.41) is 3.45. The summed E-state index contributed by atoms with van der Waals surface area (Å²) < 4.78 is 5.39. The molecule has 0 aliphatic rings. The first-order valence-electron chi connectivity index (χ1n) is 8.59. The highest BCUT2D eigenvalue weighted by Crippen LogP contribution is 2.10. The van der Waals surface area contributed by atoms with E-state index in [1.54, 1.807) is 4.90 Å². The maximum absolute atomic E-state index is 11.9. The van der Waals surface area contributed by atoms with Crippen molar-refractivity contribution in [3.05, 3.63) is 0 Å². The minimum Gasteiger partial charge on any atom is -0.444 e. The van der Waals surface area contributed by atoms with Crippen molar-refractivity contribution < 1.29 is 9.53 Å². The van der Waals surface area contributed by atoms with Crippen molar-refractivity contribution in [2.75, 3.05) is 26.2 Å². The van der Waals surface area contributed by atoms with Crippen LogP contribution in [-0.2, 0) is 4.74 Å². The minimum absolute atomic E-state index is 0.204. The zero-order valence-electron chi connectivity index (χ0n) is 14.8. The van der Waals surface area contributed by atoms with Crippen LogP contribution in [0.2, 0.25) is 0 Å². The molecule has 0 bridgehead atoms. The van der Waals surface area contributed by atoms with Gasteiger partial charge in [0, 0.05) is 13.1 Å². The first-order valence-corrected chi connectivity index (χ1v) is 8.59. The largest absolute Gasteiger partial charge is 0.444 e. The molecule has 1 N–H and O–H groups in total. The van der Waals surface area contributed by atoms with Crippen molar-refractivity contribution >= 4 is 6.09 Å². The number of unbranched alkanes of at least 4 members (excludes halogenated alkanes) is 4. The zero-order valence-corrected chi connectivity index (χ0v) is 14.8. The van der Waals surface area contributed by atoms with Gasteiger partial charge in [-0.3, -0.25) is 0 Å². The molecule has 0 rings (SSSR count). The van der Waals surface area contributed by atoms with E-state index in [0.717, 1.165) is 26.1 Å². The number of rotatable bonds is 11. The minimum atomic E-state index is -0.415. The number of carbonyl (C=O) groups excluding carboxylic acids is 1. The monoisotopic (exact) mass is 300 g/mol. The van der Waals surface area contributed by atoms with Crippen molar-refractivity contribution in [1.82, 2.24) is 10.2 Å². The number of hydrogen-bond acceptors (Lipinski definition) is 3. The van der Waals surface area contributed by atoms with Gasteiger partial charge in [0.15, 0.2) is 0 Å². The Hall–Kier alpha value is -0.770. The molecule has 0 radical (unpaired) electrons. The van der Waals surface area contributed by atoms with Gasteiger partial charge in [0.25, 0.3) is 0 Å². The fraction of sp³-hybridized carbons (Fsp3) is 0.941. The molecule has 0 fully saturated rings. The SMILES string of the molecule is CCCCCCCNCCCN(CC)C(=O)OC(C)(C)C. The molecule has 0 atom stereocenters. The zero-order chi connectivity index (χ0) is 16.1. The summed E-state index contributed by atoms with van der Waals surface area (Å²) in [7, 11) is 0. The van der Waals surface area contributed by atoms with Gasteiger partial charge in [-0.25, -0.2) is 4.79 Å². The number of nitrogens with one attached hydrogen (secondary N) is 1. The highest BCUT2D eigenvalue weighted by molar-refractivity contribution is 5.68. The molecule has 0 unspecified atom stereocenters. The highest BCUT2D eigenvalue weighted by atomic mass is 16.6. The lowest BCUT2D eigenvalue weighted by molar-refractivity contribution is 0.0258. The van der Waals surface area contributed by atoms with Crippen molar-refractivity contribution in [3.63, 3.8) is 0 Å². The van der Waals surface area contributed by atoms with Gasteiger partial charge in [0.1, 0.15) is 5.60 Å². The summed E-state index contributed by atoms with van der Waals surface area (Å²) >= 11 is 0. The van der Waals surface area contributed by atoms with E-state index in [1.807, 2.05) is 27.7 Å². The van der Waals surface area contributed by atoms with Crippen LogP contribution in [0.4, 0.5) is 4.79 Å². The molecule has 0 aromatic carbocycles. The first-order chi connectivity index (χ1) is 9.90. The molecule has 4 heteroatoms. The summed E-state index contributed by atoms with van der Waals surface area (Å²) in [4.78, 5) is 13.7. The van der Waals surface area contributed by atoms with Gasteiger partial charge in [-0.1, -0.05) is 32.6 Å². The molecule has 21 heavy (non-hydrogen) atoms. The fourth-order valence-electron chi connectivity index (χ4n) is 2.08. The van der Waals surface area contributed by atoms with Gasteiger partial charge in [-0.15, -0.1) is 0 Å². The van der Waals surface area contributed by atoms with Crippen LogP contribution in [-0.4, -0.2) is 42.8 Å². The van der Waals surface area contributed by atoms with E-state index in [4.69, 9.17) is 4.74 Å². The summed E-state index contributed by atoms with van der Waals surface area (Å²) in [6.45, 7) is 13.4. The van der Waals surface area contributed by atoms with E-state index >= 15 is 0 Å². The maximum Gasteiger partial charge on any atom is 0.410 e. The van der Waals surface area contributed by atoms with Gasteiger partial charge in [-0.2, -0.15) is 0 Å². The number of ether oxygens (including phenoxy) is 1. The van der Waals surface area contributed by atoms with E-state index in [0.29, 0.717) is 6.54 Å². The summed E-state index contributed by atoms with van der Waals surface area (Å²) in [6.07, 6.45) is 7.34. The predicted octanol–water partition coefficient (Wildman–Crippen LogP) is 4.19. The lowest BCUT2D eigenvalue weighted by Gasteiger charge is -2.26. The molecule has 0 aromatic heterocycles. The van der Waals surface area contributed by atoms with Crippen LogP contribution in [0.15, 0.2) is 0 Å². The molecule has 0 aliphatic carbocycles. The van der Waals surface area contributed by atoms with Crippen molar-refractivity contribution in [1.29, 1.82) is 0 Å². The highest BCUT2D eigenvalue weighted by Gasteiger charge is 2.20. The molecule has 4 nitrogen and oxygen atoms in total. The molecule has 0 saturated heterocycles. The molecule has 0 aromatic rings. The van der Waals surface area contributed by atoms with Crippen LogP contribution >= 0.6 is 0 Å². The van der Waals surface area contributed by atoms with Crippen LogP contribution in [0.1, 0.15) is 73.1 Å². The lowest BCUT2D eigenvalue weighted by atomic mass is 10.1. The Morgan fingerprint density at radius 2 is 1.62 bits per heavy atom. The smallest absolute Gasteiger partial charge is 0.410 e. The Morgan fingerprint density at radius 1 is 1.00 bits per heavy atom. The van der Waals surface area contributed by atoms with Gasteiger partial charge in [-0.05, 0) is 53.6 Å². The second-order valence-corrected chi connectivity index (χ2v) is 6.58. The van der Waals surface area contributed by atoms with Crippen LogP contribution < -0.4 is 5.32 Å². The standard InChI is InChI=1S/C17H36N2O2/c1-6-8-9-10-11-13-18-14-12-15-19(7-2)16(20)21-17(3,4)5/h18H,6-15H2,1-5H3. The van der Waals surface area contributed by atoms with Gasteiger partial charge in [0.05, 0.1) is 0 Å². The molecule has 0 saturated carbocycles. The van der Waals surface area contributed by atoms with E-state index < -0.39 is 5.60 Å². The lowest BCUT2D eigenvalue weighted by Crippen LogP contribution is -2.38. The summed E-state index contributed by atoms with van der Waals surface area (Å²) in [5.41, 5.74) is -0.415. The third kappa shape index (κ3) is 12.7. The summed E-state index contributed by atoms with van der Waals surface area (Å²) in [6, 6.07) is 0. The molecule has 0 heterocycles. The topological polar surface area (TPSA) is 41.6 Å². The fourth-order valence-corrected chi connectivity index (χ4v) is 2.08. The van der Waals surface area contributed by atoms with Crippen molar-refractivity contribution in [2.45, 2.75) is 78.7 Å². The van der Waals surface area contributed by atoms with Crippen molar-refractivity contribution in [3.8, 4) is 0 Å². The first kappa shape index (κ1) is 20.2. The molecule has 0 spiro atoms. The van der Waals surface area contributed by atoms with E-state index in [1.165, 1.54) is 32.1 Å². The van der Waals surface area contributed by atoms with E-state index in [-0.39, 0.29) is 6.09 Å². The maximum atomic E-state index is 11.9.